The fourth-order valence-electron chi connectivity index (χ4n) is 3.58. The molecular weight excluding hydrogens is 278 g/mol. The Hall–Kier alpha value is -2.33. The standard InChI is InChI=1S/C18H17NO3/c20-18(21)12-7-5-11(6-8-12)16-14-9-10-22-17(14)13-3-1-2-4-15(13)19-16/h1-8,14,16-17,19H,9-10H2,(H,20,21). The number of hydrogen-bond donors (Lipinski definition) is 2. The molecule has 4 nitrogen and oxygen atoms in total. The van der Waals surface area contributed by atoms with Gasteiger partial charge in [-0.3, -0.25) is 0 Å². The molecule has 2 aliphatic heterocycles. The third-order valence-electron chi connectivity index (χ3n) is 4.66. The van der Waals surface area contributed by atoms with E-state index >= 15 is 0 Å². The second-order valence-electron chi connectivity index (χ2n) is 5.88. The Morgan fingerprint density at radius 3 is 2.68 bits per heavy atom. The lowest BCUT2D eigenvalue weighted by Crippen LogP contribution is -2.29. The predicted octanol–water partition coefficient (Wildman–Crippen LogP) is 3.63. The fraction of sp³-hybridized carbons (Fsp3) is 0.278. The maximum absolute atomic E-state index is 11.0. The van der Waals surface area contributed by atoms with E-state index in [1.807, 2.05) is 24.3 Å². The number of rotatable bonds is 2. The van der Waals surface area contributed by atoms with Gasteiger partial charge >= 0.3 is 5.97 Å². The van der Waals surface area contributed by atoms with E-state index in [9.17, 15) is 4.79 Å². The minimum Gasteiger partial charge on any atom is -0.478 e. The van der Waals surface area contributed by atoms with Crippen molar-refractivity contribution in [3.05, 3.63) is 65.2 Å². The maximum atomic E-state index is 11.0. The molecule has 3 atom stereocenters. The highest BCUT2D eigenvalue weighted by molar-refractivity contribution is 5.87. The number of carboxylic acids is 1. The van der Waals surface area contributed by atoms with Crippen LogP contribution in [0.2, 0.25) is 0 Å². The number of aromatic carboxylic acids is 1. The molecule has 4 heteroatoms. The summed E-state index contributed by atoms with van der Waals surface area (Å²) >= 11 is 0. The van der Waals surface area contributed by atoms with Gasteiger partial charge in [0.2, 0.25) is 0 Å². The zero-order chi connectivity index (χ0) is 15.1. The summed E-state index contributed by atoms with van der Waals surface area (Å²) in [5.41, 5.74) is 3.76. The van der Waals surface area contributed by atoms with Crippen molar-refractivity contribution in [2.24, 2.45) is 5.92 Å². The summed E-state index contributed by atoms with van der Waals surface area (Å²) in [4.78, 5) is 11.0. The molecule has 0 bridgehead atoms. The first-order valence-corrected chi connectivity index (χ1v) is 7.54. The number of fused-ring (bicyclic) bond motifs is 3. The number of nitrogens with one attached hydrogen (secondary N) is 1. The lowest BCUT2D eigenvalue weighted by atomic mass is 9.81. The normalized spacial score (nSPS) is 25.9. The number of para-hydroxylation sites is 1. The number of benzene rings is 2. The second-order valence-corrected chi connectivity index (χ2v) is 5.88. The average Bonchev–Trinajstić information content (AvgIpc) is 3.04. The topological polar surface area (TPSA) is 58.6 Å². The first-order chi connectivity index (χ1) is 10.7. The summed E-state index contributed by atoms with van der Waals surface area (Å²) in [5, 5.41) is 12.6. The second kappa shape index (κ2) is 5.14. The summed E-state index contributed by atoms with van der Waals surface area (Å²) in [7, 11) is 0. The van der Waals surface area contributed by atoms with E-state index in [1.54, 1.807) is 12.1 Å². The molecule has 2 N–H and O–H groups in total. The highest BCUT2D eigenvalue weighted by atomic mass is 16.5. The van der Waals surface area contributed by atoms with Crippen molar-refractivity contribution in [1.29, 1.82) is 0 Å². The summed E-state index contributed by atoms with van der Waals surface area (Å²) in [6.45, 7) is 0.773. The molecule has 2 aromatic rings. The van der Waals surface area contributed by atoms with E-state index < -0.39 is 5.97 Å². The molecule has 1 saturated heterocycles. The SMILES string of the molecule is O=C(O)c1ccc(C2Nc3ccccc3C3OCCC23)cc1. The highest BCUT2D eigenvalue weighted by Crippen LogP contribution is 2.49. The third kappa shape index (κ3) is 2.07. The van der Waals surface area contributed by atoms with Crippen molar-refractivity contribution in [2.75, 3.05) is 11.9 Å². The van der Waals surface area contributed by atoms with Crippen LogP contribution in [0.5, 0.6) is 0 Å². The fourth-order valence-corrected chi connectivity index (χ4v) is 3.58. The molecule has 0 radical (unpaired) electrons. The van der Waals surface area contributed by atoms with Crippen LogP contribution in [-0.2, 0) is 4.74 Å². The van der Waals surface area contributed by atoms with Crippen LogP contribution >= 0.6 is 0 Å². The van der Waals surface area contributed by atoms with E-state index in [0.29, 0.717) is 11.5 Å². The van der Waals surface area contributed by atoms with Gasteiger partial charge < -0.3 is 15.2 Å². The van der Waals surface area contributed by atoms with Crippen LogP contribution in [0.4, 0.5) is 5.69 Å². The Morgan fingerprint density at radius 1 is 1.14 bits per heavy atom. The Balaban J connectivity index is 1.71. The van der Waals surface area contributed by atoms with E-state index in [0.717, 1.165) is 24.3 Å². The monoisotopic (exact) mass is 295 g/mol. The zero-order valence-electron chi connectivity index (χ0n) is 12.0. The van der Waals surface area contributed by atoms with Gasteiger partial charge in [-0.1, -0.05) is 30.3 Å². The Kier molecular flexibility index (Phi) is 3.12. The smallest absolute Gasteiger partial charge is 0.335 e. The molecule has 3 unspecified atom stereocenters. The first-order valence-electron chi connectivity index (χ1n) is 7.54. The van der Waals surface area contributed by atoms with Crippen molar-refractivity contribution in [2.45, 2.75) is 18.6 Å². The molecule has 0 saturated carbocycles. The van der Waals surface area contributed by atoms with Gasteiger partial charge in [0.1, 0.15) is 0 Å². The van der Waals surface area contributed by atoms with E-state index in [4.69, 9.17) is 9.84 Å². The summed E-state index contributed by atoms with van der Waals surface area (Å²) in [5.74, 6) is -0.513. The average molecular weight is 295 g/mol. The molecule has 1 fully saturated rings. The summed E-state index contributed by atoms with van der Waals surface area (Å²) < 4.78 is 5.96. The number of ether oxygens (including phenoxy) is 1. The molecule has 22 heavy (non-hydrogen) atoms. The third-order valence-corrected chi connectivity index (χ3v) is 4.66. The van der Waals surface area contributed by atoms with Crippen LogP contribution in [-0.4, -0.2) is 17.7 Å². The first kappa shape index (κ1) is 13.3. The number of carboxylic acid groups (broad SMARTS) is 1. The molecule has 2 heterocycles. The van der Waals surface area contributed by atoms with E-state index in [2.05, 4.69) is 17.4 Å². The molecular formula is C18H17NO3. The molecule has 0 amide bonds. The molecule has 0 aromatic heterocycles. The van der Waals surface area contributed by atoms with Crippen molar-refractivity contribution in [3.63, 3.8) is 0 Å². The van der Waals surface area contributed by atoms with Gasteiger partial charge in [0.25, 0.3) is 0 Å². The Labute approximate surface area is 128 Å². The number of anilines is 1. The minimum absolute atomic E-state index is 0.126. The lowest BCUT2D eigenvalue weighted by molar-refractivity contribution is 0.0696. The van der Waals surface area contributed by atoms with Crippen molar-refractivity contribution in [3.8, 4) is 0 Å². The van der Waals surface area contributed by atoms with Crippen LogP contribution in [0.3, 0.4) is 0 Å². The molecule has 2 aromatic carbocycles. The molecule has 0 aliphatic carbocycles. The van der Waals surface area contributed by atoms with Crippen LogP contribution in [0.1, 0.15) is 40.1 Å². The zero-order valence-corrected chi connectivity index (χ0v) is 12.0. The largest absolute Gasteiger partial charge is 0.478 e. The van der Waals surface area contributed by atoms with Crippen LogP contribution in [0.25, 0.3) is 0 Å². The minimum atomic E-state index is -0.893. The van der Waals surface area contributed by atoms with Crippen molar-refractivity contribution in [1.82, 2.24) is 0 Å². The van der Waals surface area contributed by atoms with Crippen molar-refractivity contribution < 1.29 is 14.6 Å². The highest BCUT2D eigenvalue weighted by Gasteiger charge is 2.41. The van der Waals surface area contributed by atoms with Crippen molar-refractivity contribution >= 4 is 11.7 Å². The predicted molar refractivity (Wildman–Crippen MR) is 83.0 cm³/mol. The maximum Gasteiger partial charge on any atom is 0.335 e. The van der Waals surface area contributed by atoms with Gasteiger partial charge in [0, 0.05) is 23.8 Å². The van der Waals surface area contributed by atoms with Gasteiger partial charge in [0.15, 0.2) is 0 Å². The molecule has 112 valence electrons. The Morgan fingerprint density at radius 2 is 1.91 bits per heavy atom. The van der Waals surface area contributed by atoms with Gasteiger partial charge in [-0.15, -0.1) is 0 Å². The number of hydrogen-bond acceptors (Lipinski definition) is 3. The molecule has 2 aliphatic rings. The van der Waals surface area contributed by atoms with Gasteiger partial charge in [-0.25, -0.2) is 4.79 Å². The number of carbonyl (C=O) groups is 1. The lowest BCUT2D eigenvalue weighted by Gasteiger charge is -2.36. The van der Waals surface area contributed by atoms with E-state index in [-0.39, 0.29) is 12.1 Å². The quantitative estimate of drug-likeness (QED) is 0.888. The van der Waals surface area contributed by atoms with Crippen LogP contribution in [0, 0.1) is 5.92 Å². The van der Waals surface area contributed by atoms with Crippen LogP contribution in [0.15, 0.2) is 48.5 Å². The molecule has 4 rings (SSSR count). The Bertz CT molecular complexity index is 711. The van der Waals surface area contributed by atoms with Crippen LogP contribution < -0.4 is 5.32 Å². The van der Waals surface area contributed by atoms with Gasteiger partial charge in [0.05, 0.1) is 17.7 Å². The molecule has 0 spiro atoms. The van der Waals surface area contributed by atoms with Gasteiger partial charge in [-0.2, -0.15) is 0 Å². The summed E-state index contributed by atoms with van der Waals surface area (Å²) in [6, 6.07) is 15.6. The van der Waals surface area contributed by atoms with Gasteiger partial charge in [-0.05, 0) is 30.2 Å². The summed E-state index contributed by atoms with van der Waals surface area (Å²) in [6.07, 6.45) is 1.14. The van der Waals surface area contributed by atoms with E-state index in [1.165, 1.54) is 5.56 Å².